The second kappa shape index (κ2) is 7.77. The molecule has 8 nitrogen and oxygen atoms in total. The van der Waals surface area contributed by atoms with E-state index >= 15 is 0 Å². The number of hydrogen-bond donors (Lipinski definition) is 0. The Hall–Kier alpha value is -2.22. The van der Waals surface area contributed by atoms with Gasteiger partial charge in [0.05, 0.1) is 12.3 Å². The van der Waals surface area contributed by atoms with Gasteiger partial charge in [-0.1, -0.05) is 6.92 Å². The van der Waals surface area contributed by atoms with Gasteiger partial charge in [-0.05, 0) is 25.7 Å². The largest absolute Gasteiger partial charge is 0.376 e. The standard InChI is InChI=1S/C17H25N5O3/c1-3-7-21(10-13-6-4-5-8-25-13)15(23)11-22-12-18-16-14(17(22)24)9-19-20(16)2/h9,12-13H,3-8,10-11H2,1-2H3/t13-/m0/s1. The van der Waals surface area contributed by atoms with Crippen LogP contribution in [0.2, 0.25) is 0 Å². The second-order valence-electron chi connectivity index (χ2n) is 6.51. The summed E-state index contributed by atoms with van der Waals surface area (Å²) in [4.78, 5) is 31.3. The van der Waals surface area contributed by atoms with Crippen molar-refractivity contribution in [1.82, 2.24) is 24.2 Å². The van der Waals surface area contributed by atoms with Crippen molar-refractivity contribution in [3.63, 3.8) is 0 Å². The molecule has 1 atom stereocenters. The average molecular weight is 347 g/mol. The first-order valence-electron chi connectivity index (χ1n) is 8.86. The first-order valence-corrected chi connectivity index (χ1v) is 8.86. The maximum atomic E-state index is 12.7. The van der Waals surface area contributed by atoms with Gasteiger partial charge in [-0.25, -0.2) is 4.98 Å². The van der Waals surface area contributed by atoms with Gasteiger partial charge >= 0.3 is 0 Å². The number of ether oxygens (including phenoxy) is 1. The fourth-order valence-corrected chi connectivity index (χ4v) is 3.21. The quantitative estimate of drug-likeness (QED) is 0.777. The van der Waals surface area contributed by atoms with Gasteiger partial charge in [0.25, 0.3) is 5.56 Å². The molecular weight excluding hydrogens is 322 g/mol. The molecule has 0 spiro atoms. The molecule has 1 saturated heterocycles. The molecule has 0 aromatic carbocycles. The summed E-state index contributed by atoms with van der Waals surface area (Å²) in [5, 5.41) is 4.47. The van der Waals surface area contributed by atoms with Crippen molar-refractivity contribution in [3.8, 4) is 0 Å². The lowest BCUT2D eigenvalue weighted by Crippen LogP contribution is -2.42. The SMILES string of the molecule is CCCN(C[C@@H]1CCCCO1)C(=O)Cn1cnc2c(cnn2C)c1=O. The fourth-order valence-electron chi connectivity index (χ4n) is 3.21. The molecule has 2 aromatic heterocycles. The Labute approximate surface area is 146 Å². The average Bonchev–Trinajstić information content (AvgIpc) is 3.00. The Morgan fingerprint density at radius 3 is 3.00 bits per heavy atom. The van der Waals surface area contributed by atoms with E-state index in [0.29, 0.717) is 24.1 Å². The predicted molar refractivity (Wildman–Crippen MR) is 93.2 cm³/mol. The van der Waals surface area contributed by atoms with Gasteiger partial charge in [-0.15, -0.1) is 0 Å². The van der Waals surface area contributed by atoms with Crippen LogP contribution < -0.4 is 5.56 Å². The van der Waals surface area contributed by atoms with Crippen molar-refractivity contribution < 1.29 is 9.53 Å². The van der Waals surface area contributed by atoms with E-state index in [4.69, 9.17) is 4.74 Å². The normalized spacial score (nSPS) is 17.8. The van der Waals surface area contributed by atoms with Crippen LogP contribution in [0.5, 0.6) is 0 Å². The van der Waals surface area contributed by atoms with Crippen LogP contribution in [0.25, 0.3) is 11.0 Å². The maximum absolute atomic E-state index is 12.7. The molecule has 1 aliphatic heterocycles. The Morgan fingerprint density at radius 2 is 2.28 bits per heavy atom. The van der Waals surface area contributed by atoms with Crippen LogP contribution in [-0.2, 0) is 23.1 Å². The number of carbonyl (C=O) groups is 1. The minimum atomic E-state index is -0.239. The van der Waals surface area contributed by atoms with E-state index in [1.807, 2.05) is 6.92 Å². The van der Waals surface area contributed by atoms with Gasteiger partial charge in [0.2, 0.25) is 5.91 Å². The summed E-state index contributed by atoms with van der Waals surface area (Å²) < 4.78 is 8.66. The highest BCUT2D eigenvalue weighted by molar-refractivity contribution is 5.77. The number of aromatic nitrogens is 4. The summed E-state index contributed by atoms with van der Waals surface area (Å²) in [5.41, 5.74) is 0.284. The smallest absolute Gasteiger partial charge is 0.264 e. The molecule has 0 unspecified atom stereocenters. The molecule has 0 saturated carbocycles. The number of fused-ring (bicyclic) bond motifs is 1. The zero-order valence-corrected chi connectivity index (χ0v) is 14.8. The summed E-state index contributed by atoms with van der Waals surface area (Å²) in [5.74, 6) is -0.0804. The third-order valence-electron chi connectivity index (χ3n) is 4.57. The summed E-state index contributed by atoms with van der Waals surface area (Å²) in [6.07, 6.45) is 7.09. The lowest BCUT2D eigenvalue weighted by Gasteiger charge is -2.30. The van der Waals surface area contributed by atoms with Crippen molar-refractivity contribution in [3.05, 3.63) is 22.9 Å². The molecule has 2 aromatic rings. The molecule has 3 rings (SSSR count). The summed E-state index contributed by atoms with van der Waals surface area (Å²) >= 11 is 0. The minimum absolute atomic E-state index is 0.0105. The number of hydrogen-bond acceptors (Lipinski definition) is 5. The predicted octanol–water partition coefficient (Wildman–Crippen LogP) is 0.938. The van der Waals surface area contributed by atoms with Gasteiger partial charge in [0.15, 0.2) is 5.65 Å². The summed E-state index contributed by atoms with van der Waals surface area (Å²) in [6.45, 7) is 4.04. The highest BCUT2D eigenvalue weighted by Gasteiger charge is 2.22. The first-order chi connectivity index (χ1) is 12.1. The number of rotatable bonds is 6. The Morgan fingerprint density at radius 1 is 1.44 bits per heavy atom. The molecule has 0 aliphatic carbocycles. The van der Waals surface area contributed by atoms with Gasteiger partial charge in [0, 0.05) is 26.7 Å². The Bertz CT molecular complexity index is 791. The minimum Gasteiger partial charge on any atom is -0.376 e. The summed E-state index contributed by atoms with van der Waals surface area (Å²) in [7, 11) is 1.73. The monoisotopic (exact) mass is 347 g/mol. The van der Waals surface area contributed by atoms with E-state index in [1.165, 1.54) is 17.1 Å². The fraction of sp³-hybridized carbons (Fsp3) is 0.647. The van der Waals surface area contributed by atoms with E-state index in [9.17, 15) is 9.59 Å². The van der Waals surface area contributed by atoms with Crippen LogP contribution >= 0.6 is 0 Å². The van der Waals surface area contributed by atoms with E-state index in [2.05, 4.69) is 10.1 Å². The van der Waals surface area contributed by atoms with Crippen LogP contribution in [0.3, 0.4) is 0 Å². The number of carbonyl (C=O) groups excluding carboxylic acids is 1. The van der Waals surface area contributed by atoms with Gasteiger partial charge < -0.3 is 9.64 Å². The zero-order chi connectivity index (χ0) is 17.8. The van der Waals surface area contributed by atoms with Crippen molar-refractivity contribution in [2.24, 2.45) is 7.05 Å². The second-order valence-corrected chi connectivity index (χ2v) is 6.51. The van der Waals surface area contributed by atoms with Gasteiger partial charge in [-0.3, -0.25) is 18.8 Å². The van der Waals surface area contributed by atoms with Crippen LogP contribution in [0, 0.1) is 0 Å². The lowest BCUT2D eigenvalue weighted by atomic mass is 10.1. The lowest BCUT2D eigenvalue weighted by molar-refractivity contribution is -0.134. The van der Waals surface area contributed by atoms with E-state index in [0.717, 1.165) is 32.3 Å². The molecule has 136 valence electrons. The highest BCUT2D eigenvalue weighted by Crippen LogP contribution is 2.14. The molecule has 25 heavy (non-hydrogen) atoms. The molecule has 0 bridgehead atoms. The van der Waals surface area contributed by atoms with Crippen LogP contribution in [-0.4, -0.2) is 55.9 Å². The molecule has 1 fully saturated rings. The third-order valence-corrected chi connectivity index (χ3v) is 4.57. The van der Waals surface area contributed by atoms with E-state index in [1.54, 1.807) is 16.6 Å². The maximum Gasteiger partial charge on any atom is 0.264 e. The molecule has 0 N–H and O–H groups in total. The van der Waals surface area contributed by atoms with Crippen molar-refractivity contribution >= 4 is 16.9 Å². The molecule has 8 heteroatoms. The van der Waals surface area contributed by atoms with Crippen LogP contribution in [0.1, 0.15) is 32.6 Å². The molecule has 1 aliphatic rings. The number of aryl methyl sites for hydroxylation is 1. The molecular formula is C17H25N5O3. The topological polar surface area (TPSA) is 82.2 Å². The number of nitrogens with zero attached hydrogens (tertiary/aromatic N) is 5. The molecule has 1 amide bonds. The zero-order valence-electron chi connectivity index (χ0n) is 14.8. The van der Waals surface area contributed by atoms with Crippen molar-refractivity contribution in [2.75, 3.05) is 19.7 Å². The highest BCUT2D eigenvalue weighted by atomic mass is 16.5. The van der Waals surface area contributed by atoms with Gasteiger partial charge in [0.1, 0.15) is 18.3 Å². The Balaban J connectivity index is 1.74. The van der Waals surface area contributed by atoms with E-state index in [-0.39, 0.29) is 24.1 Å². The van der Waals surface area contributed by atoms with Crippen molar-refractivity contribution in [2.45, 2.75) is 45.3 Å². The third kappa shape index (κ3) is 3.89. The van der Waals surface area contributed by atoms with Crippen molar-refractivity contribution in [1.29, 1.82) is 0 Å². The first kappa shape index (κ1) is 17.6. The molecule has 0 radical (unpaired) electrons. The van der Waals surface area contributed by atoms with Gasteiger partial charge in [-0.2, -0.15) is 5.10 Å². The molecule has 3 heterocycles. The number of amides is 1. The van der Waals surface area contributed by atoms with E-state index < -0.39 is 0 Å². The van der Waals surface area contributed by atoms with Crippen LogP contribution in [0.4, 0.5) is 0 Å². The Kier molecular flexibility index (Phi) is 5.47. The summed E-state index contributed by atoms with van der Waals surface area (Å²) in [6, 6.07) is 0. The van der Waals surface area contributed by atoms with Crippen LogP contribution in [0.15, 0.2) is 17.3 Å².